The monoisotopic (exact) mass is 298 g/mol. The van der Waals surface area contributed by atoms with E-state index in [9.17, 15) is 19.8 Å². The zero-order valence-electron chi connectivity index (χ0n) is 11.4. The van der Waals surface area contributed by atoms with Crippen LogP contribution in [0.1, 0.15) is 35.4 Å². The van der Waals surface area contributed by atoms with E-state index in [0.29, 0.717) is 11.3 Å². The Morgan fingerprint density at radius 3 is 2.55 bits per heavy atom. The summed E-state index contributed by atoms with van der Waals surface area (Å²) < 4.78 is 4.64. The maximum Gasteiger partial charge on any atom is 0.338 e. The molecule has 0 aliphatic rings. The molecule has 0 saturated carbocycles. The Labute approximate surface area is 121 Å². The van der Waals surface area contributed by atoms with Crippen LogP contribution in [0.25, 0.3) is 0 Å². The van der Waals surface area contributed by atoms with Crippen molar-refractivity contribution >= 4 is 22.8 Å². The van der Waals surface area contributed by atoms with E-state index in [0.717, 1.165) is 11.8 Å². The molecule has 110 valence electrons. The van der Waals surface area contributed by atoms with Crippen LogP contribution >= 0.6 is 11.8 Å². The van der Waals surface area contributed by atoms with E-state index in [1.807, 2.05) is 0 Å². The molecule has 2 unspecified atom stereocenters. The smallest absolute Gasteiger partial charge is 0.338 e. The van der Waals surface area contributed by atoms with Gasteiger partial charge in [-0.15, -0.1) is 0 Å². The fourth-order valence-electron chi connectivity index (χ4n) is 1.74. The van der Waals surface area contributed by atoms with Crippen molar-refractivity contribution in [2.45, 2.75) is 25.6 Å². The van der Waals surface area contributed by atoms with Crippen molar-refractivity contribution in [1.29, 1.82) is 0 Å². The van der Waals surface area contributed by atoms with Gasteiger partial charge in [-0.25, -0.2) is 4.79 Å². The molecule has 2 atom stereocenters. The van der Waals surface area contributed by atoms with Gasteiger partial charge in [0, 0.05) is 12.7 Å². The Balaban J connectivity index is 2.78. The summed E-state index contributed by atoms with van der Waals surface area (Å²) in [5.41, 5.74) is 0.542. The second kappa shape index (κ2) is 8.04. The minimum atomic E-state index is -1.20. The van der Waals surface area contributed by atoms with Gasteiger partial charge >= 0.3 is 5.97 Å². The largest absolute Gasteiger partial charge is 0.465 e. The number of methoxy groups -OCH3 is 1. The van der Waals surface area contributed by atoms with Gasteiger partial charge in [-0.05, 0) is 18.1 Å². The summed E-state index contributed by atoms with van der Waals surface area (Å²) >= 11 is 1.09. The molecule has 0 aliphatic carbocycles. The number of aliphatic hydroxyl groups excluding tert-OH is 2. The van der Waals surface area contributed by atoms with Crippen LogP contribution in [0.2, 0.25) is 0 Å². The Kier molecular flexibility index (Phi) is 6.70. The topological polar surface area (TPSA) is 83.8 Å². The predicted molar refractivity (Wildman–Crippen MR) is 76.5 cm³/mol. The average Bonchev–Trinajstić information content (AvgIpc) is 2.45. The molecular weight excluding hydrogens is 280 g/mol. The highest BCUT2D eigenvalue weighted by atomic mass is 32.2. The molecule has 6 heteroatoms. The quantitative estimate of drug-likeness (QED) is 0.775. The molecule has 0 radical (unpaired) electrons. The summed E-state index contributed by atoms with van der Waals surface area (Å²) in [6, 6.07) is 6.42. The molecular formula is C14H18O5S. The van der Waals surface area contributed by atoms with Gasteiger partial charge in [-0.3, -0.25) is 4.79 Å². The fraction of sp³-hybridized carbons (Fsp3) is 0.429. The Bertz CT molecular complexity index is 474. The van der Waals surface area contributed by atoms with E-state index in [2.05, 4.69) is 4.74 Å². The van der Waals surface area contributed by atoms with Gasteiger partial charge in [-0.1, -0.05) is 30.0 Å². The molecule has 0 bridgehead atoms. The van der Waals surface area contributed by atoms with Crippen LogP contribution in [0.3, 0.4) is 0 Å². The number of carbonyl (C=O) groups excluding carboxylic acids is 2. The normalized spacial score (nSPS) is 13.6. The van der Waals surface area contributed by atoms with Gasteiger partial charge in [0.15, 0.2) is 5.12 Å². The molecule has 1 aromatic rings. The summed E-state index contributed by atoms with van der Waals surface area (Å²) in [7, 11) is 1.26. The van der Waals surface area contributed by atoms with Crippen LogP contribution in [0.15, 0.2) is 24.3 Å². The van der Waals surface area contributed by atoms with E-state index < -0.39 is 18.2 Å². The van der Waals surface area contributed by atoms with Crippen LogP contribution in [0.5, 0.6) is 0 Å². The van der Waals surface area contributed by atoms with Gasteiger partial charge in [-0.2, -0.15) is 0 Å². The Morgan fingerprint density at radius 2 is 1.95 bits per heavy atom. The number of aliphatic hydroxyl groups is 2. The third-order valence-electron chi connectivity index (χ3n) is 2.77. The molecule has 0 aromatic heterocycles. The first-order valence-electron chi connectivity index (χ1n) is 6.14. The second-order valence-electron chi connectivity index (χ2n) is 4.22. The van der Waals surface area contributed by atoms with E-state index in [1.54, 1.807) is 18.2 Å². The first-order chi connectivity index (χ1) is 9.47. The molecule has 2 N–H and O–H groups in total. The summed E-state index contributed by atoms with van der Waals surface area (Å²) in [4.78, 5) is 22.4. The average molecular weight is 298 g/mol. The molecule has 1 rings (SSSR count). The lowest BCUT2D eigenvalue weighted by Crippen LogP contribution is -2.21. The molecule has 0 aliphatic heterocycles. The summed E-state index contributed by atoms with van der Waals surface area (Å²) in [6.45, 7) is 1.44. The maximum atomic E-state index is 11.6. The predicted octanol–water partition coefficient (Wildman–Crippen LogP) is 1.54. The number of esters is 1. The van der Waals surface area contributed by atoms with Crippen molar-refractivity contribution in [3.63, 3.8) is 0 Å². The number of thioether (sulfide) groups is 1. The fourth-order valence-corrected chi connectivity index (χ4v) is 2.39. The highest BCUT2D eigenvalue weighted by Crippen LogP contribution is 2.24. The van der Waals surface area contributed by atoms with Gasteiger partial charge in [0.1, 0.15) is 6.10 Å². The van der Waals surface area contributed by atoms with Crippen LogP contribution < -0.4 is 0 Å². The van der Waals surface area contributed by atoms with E-state index in [1.165, 1.54) is 20.1 Å². The molecule has 1 aromatic carbocycles. The van der Waals surface area contributed by atoms with Crippen LogP contribution in [-0.2, 0) is 9.53 Å². The van der Waals surface area contributed by atoms with Gasteiger partial charge in [0.25, 0.3) is 0 Å². The van der Waals surface area contributed by atoms with Crippen molar-refractivity contribution in [3.05, 3.63) is 35.4 Å². The third kappa shape index (κ3) is 4.63. The maximum absolute atomic E-state index is 11.6. The Hall–Kier alpha value is -1.37. The summed E-state index contributed by atoms with van der Waals surface area (Å²) in [6.07, 6.45) is -1.99. The van der Waals surface area contributed by atoms with E-state index >= 15 is 0 Å². The second-order valence-corrected chi connectivity index (χ2v) is 5.49. The molecule has 20 heavy (non-hydrogen) atoms. The van der Waals surface area contributed by atoms with E-state index in [4.69, 9.17) is 0 Å². The van der Waals surface area contributed by atoms with Crippen LogP contribution in [-0.4, -0.2) is 40.3 Å². The molecule has 5 nitrogen and oxygen atoms in total. The lowest BCUT2D eigenvalue weighted by Gasteiger charge is -2.19. The first kappa shape index (κ1) is 16.7. The standard InChI is InChI=1S/C14H18O5S/c1-9(15)20-8-7-12(16)13(17)10-5-3-4-6-11(10)14(18)19-2/h3-6,12-13,16-17H,7-8H2,1-2H3. The zero-order chi connectivity index (χ0) is 15.1. The van der Waals surface area contributed by atoms with Crippen molar-refractivity contribution in [2.75, 3.05) is 12.9 Å². The zero-order valence-corrected chi connectivity index (χ0v) is 12.2. The lowest BCUT2D eigenvalue weighted by molar-refractivity contribution is -0.109. The number of hydrogen-bond acceptors (Lipinski definition) is 6. The lowest BCUT2D eigenvalue weighted by atomic mass is 9.97. The van der Waals surface area contributed by atoms with E-state index in [-0.39, 0.29) is 17.1 Å². The molecule has 0 spiro atoms. The van der Waals surface area contributed by atoms with Crippen molar-refractivity contribution in [1.82, 2.24) is 0 Å². The number of ether oxygens (including phenoxy) is 1. The molecule has 0 fully saturated rings. The summed E-state index contributed by atoms with van der Waals surface area (Å²) in [5.74, 6) is -0.154. The van der Waals surface area contributed by atoms with Gasteiger partial charge in [0.05, 0.1) is 18.8 Å². The molecule has 0 saturated heterocycles. The Morgan fingerprint density at radius 1 is 1.30 bits per heavy atom. The van der Waals surface area contributed by atoms with Crippen LogP contribution in [0, 0.1) is 0 Å². The van der Waals surface area contributed by atoms with Crippen molar-refractivity contribution in [2.24, 2.45) is 0 Å². The molecule has 0 heterocycles. The van der Waals surface area contributed by atoms with Crippen molar-refractivity contribution in [3.8, 4) is 0 Å². The van der Waals surface area contributed by atoms with Gasteiger partial charge < -0.3 is 14.9 Å². The number of rotatable bonds is 6. The minimum Gasteiger partial charge on any atom is -0.465 e. The number of hydrogen-bond donors (Lipinski definition) is 2. The highest BCUT2D eigenvalue weighted by Gasteiger charge is 2.23. The highest BCUT2D eigenvalue weighted by molar-refractivity contribution is 8.13. The number of carbonyl (C=O) groups is 2. The third-order valence-corrected chi connectivity index (χ3v) is 3.61. The minimum absolute atomic E-state index is 0.0401. The molecule has 0 amide bonds. The first-order valence-corrected chi connectivity index (χ1v) is 7.12. The van der Waals surface area contributed by atoms with Gasteiger partial charge in [0.2, 0.25) is 0 Å². The van der Waals surface area contributed by atoms with Crippen molar-refractivity contribution < 1.29 is 24.5 Å². The summed E-state index contributed by atoms with van der Waals surface area (Å²) in [5, 5.41) is 20.0. The number of benzene rings is 1. The SMILES string of the molecule is COC(=O)c1ccccc1C(O)C(O)CCSC(C)=O. The van der Waals surface area contributed by atoms with Crippen LogP contribution in [0.4, 0.5) is 0 Å².